The van der Waals surface area contributed by atoms with E-state index in [-0.39, 0.29) is 23.9 Å². The Morgan fingerprint density at radius 1 is 0.853 bits per heavy atom. The summed E-state index contributed by atoms with van der Waals surface area (Å²) >= 11 is 0. The minimum Gasteiger partial charge on any atom is -0.497 e. The summed E-state index contributed by atoms with van der Waals surface area (Å²) in [5, 5.41) is 8.23. The van der Waals surface area contributed by atoms with Gasteiger partial charge < -0.3 is 20.7 Å². The van der Waals surface area contributed by atoms with Gasteiger partial charge in [-0.05, 0) is 47.0 Å². The highest BCUT2D eigenvalue weighted by atomic mass is 16.5. The summed E-state index contributed by atoms with van der Waals surface area (Å²) in [4.78, 5) is 36.6. The van der Waals surface area contributed by atoms with Gasteiger partial charge in [0.15, 0.2) is 0 Å². The maximum absolute atomic E-state index is 12.8. The number of nitrogens with one attached hydrogen (secondary N) is 3. The van der Waals surface area contributed by atoms with Crippen LogP contribution in [0.2, 0.25) is 0 Å². The minimum atomic E-state index is -0.459. The van der Waals surface area contributed by atoms with Crippen LogP contribution in [0.15, 0.2) is 84.6 Å². The van der Waals surface area contributed by atoms with Crippen molar-refractivity contribution in [1.29, 1.82) is 0 Å². The summed E-state index contributed by atoms with van der Waals surface area (Å²) < 4.78 is 5.14. The summed E-state index contributed by atoms with van der Waals surface area (Å²) in [5.74, 6) is -0.210. The van der Waals surface area contributed by atoms with Gasteiger partial charge >= 0.3 is 0 Å². The zero-order valence-electron chi connectivity index (χ0n) is 19.1. The minimum absolute atomic E-state index is 0.0870. The molecule has 0 saturated heterocycles. The quantitative estimate of drug-likeness (QED) is 0.427. The van der Waals surface area contributed by atoms with Crippen molar-refractivity contribution in [2.24, 2.45) is 0 Å². The maximum atomic E-state index is 12.8. The number of methoxy groups -OCH3 is 1. The fraction of sp³-hybridized carbons (Fsp3) is 0.148. The fourth-order valence-electron chi connectivity index (χ4n) is 3.16. The van der Waals surface area contributed by atoms with Crippen LogP contribution >= 0.6 is 0 Å². The number of ether oxygens (including phenoxy) is 1. The van der Waals surface area contributed by atoms with Crippen molar-refractivity contribution in [1.82, 2.24) is 10.6 Å². The molecule has 0 aliphatic rings. The standard InChI is InChI=1S/C27H27N3O4/c1-19(31)29-25(16-20-10-14-24(34-2)15-11-20)27(33)30-23-12-8-21(9-13-23)17-26(32)28-18-22-6-4-3-5-7-22/h3-16H,17-18H2,1-2H3,(H,28,32)(H,29,31)(H,30,33)/b25-16+. The van der Waals surface area contributed by atoms with Crippen molar-refractivity contribution < 1.29 is 19.1 Å². The van der Waals surface area contributed by atoms with Gasteiger partial charge in [0.25, 0.3) is 5.91 Å². The molecule has 0 heterocycles. The topological polar surface area (TPSA) is 96.5 Å². The second-order valence-electron chi connectivity index (χ2n) is 7.60. The van der Waals surface area contributed by atoms with Crippen molar-refractivity contribution >= 4 is 29.5 Å². The summed E-state index contributed by atoms with van der Waals surface area (Å²) in [6, 6.07) is 23.8. The third kappa shape index (κ3) is 7.63. The predicted molar refractivity (Wildman–Crippen MR) is 132 cm³/mol. The molecule has 3 aromatic carbocycles. The lowest BCUT2D eigenvalue weighted by Crippen LogP contribution is -2.29. The summed E-state index contributed by atoms with van der Waals surface area (Å²) in [5.41, 5.74) is 3.24. The van der Waals surface area contributed by atoms with Crippen LogP contribution in [0.1, 0.15) is 23.6 Å². The Morgan fingerprint density at radius 2 is 1.53 bits per heavy atom. The number of carbonyl (C=O) groups excluding carboxylic acids is 3. The molecule has 174 valence electrons. The Morgan fingerprint density at radius 3 is 2.15 bits per heavy atom. The van der Waals surface area contributed by atoms with Crippen molar-refractivity contribution in [2.45, 2.75) is 19.9 Å². The third-order valence-corrected chi connectivity index (χ3v) is 4.89. The van der Waals surface area contributed by atoms with Crippen LogP contribution in [-0.4, -0.2) is 24.8 Å². The molecule has 7 heteroatoms. The molecule has 0 aromatic heterocycles. The first-order valence-electron chi connectivity index (χ1n) is 10.8. The lowest BCUT2D eigenvalue weighted by atomic mass is 10.1. The molecule has 0 unspecified atom stereocenters. The van der Waals surface area contributed by atoms with E-state index in [1.807, 2.05) is 30.3 Å². The molecule has 3 N–H and O–H groups in total. The third-order valence-electron chi connectivity index (χ3n) is 4.89. The monoisotopic (exact) mass is 457 g/mol. The molecular weight excluding hydrogens is 430 g/mol. The normalized spacial score (nSPS) is 10.8. The largest absolute Gasteiger partial charge is 0.497 e. The Bertz CT molecular complexity index is 1150. The van der Waals surface area contributed by atoms with E-state index in [1.54, 1.807) is 61.7 Å². The van der Waals surface area contributed by atoms with E-state index in [1.165, 1.54) is 6.92 Å². The van der Waals surface area contributed by atoms with Gasteiger partial charge in [0, 0.05) is 19.2 Å². The zero-order valence-corrected chi connectivity index (χ0v) is 19.1. The predicted octanol–water partition coefficient (Wildman–Crippen LogP) is 3.67. The summed E-state index contributed by atoms with van der Waals surface area (Å²) in [6.45, 7) is 1.81. The van der Waals surface area contributed by atoms with Crippen LogP contribution in [0.3, 0.4) is 0 Å². The van der Waals surface area contributed by atoms with Gasteiger partial charge in [-0.15, -0.1) is 0 Å². The summed E-state index contributed by atoms with van der Waals surface area (Å²) in [7, 11) is 1.57. The van der Waals surface area contributed by atoms with Crippen LogP contribution in [0.25, 0.3) is 6.08 Å². The molecule has 0 saturated carbocycles. The number of benzene rings is 3. The molecular formula is C27H27N3O4. The first-order chi connectivity index (χ1) is 16.4. The molecule has 0 aliphatic heterocycles. The van der Waals surface area contributed by atoms with Gasteiger partial charge in [-0.1, -0.05) is 54.6 Å². The van der Waals surface area contributed by atoms with Gasteiger partial charge in [-0.3, -0.25) is 14.4 Å². The fourth-order valence-corrected chi connectivity index (χ4v) is 3.16. The SMILES string of the molecule is COc1ccc(/C=C(/NC(C)=O)C(=O)Nc2ccc(CC(=O)NCc3ccccc3)cc2)cc1. The van der Waals surface area contributed by atoms with Gasteiger partial charge in [0.05, 0.1) is 13.5 Å². The average Bonchev–Trinajstić information content (AvgIpc) is 2.84. The van der Waals surface area contributed by atoms with E-state index in [4.69, 9.17) is 4.74 Å². The number of hydrogen-bond donors (Lipinski definition) is 3. The van der Waals surface area contributed by atoms with Crippen molar-refractivity contribution in [2.75, 3.05) is 12.4 Å². The first-order valence-corrected chi connectivity index (χ1v) is 10.8. The van der Waals surface area contributed by atoms with Crippen molar-refractivity contribution in [3.05, 3.63) is 101 Å². The van der Waals surface area contributed by atoms with Gasteiger partial charge in [-0.25, -0.2) is 0 Å². The zero-order chi connectivity index (χ0) is 24.3. The molecule has 34 heavy (non-hydrogen) atoms. The van der Waals surface area contributed by atoms with Crippen LogP contribution in [0.4, 0.5) is 5.69 Å². The lowest BCUT2D eigenvalue weighted by Gasteiger charge is -2.11. The number of rotatable bonds is 9. The van der Waals surface area contributed by atoms with E-state index in [9.17, 15) is 14.4 Å². The van der Waals surface area contributed by atoms with E-state index in [0.717, 1.165) is 16.7 Å². The lowest BCUT2D eigenvalue weighted by molar-refractivity contribution is -0.121. The maximum Gasteiger partial charge on any atom is 0.272 e. The molecule has 3 aromatic rings. The molecule has 0 spiro atoms. The van der Waals surface area contributed by atoms with E-state index in [2.05, 4.69) is 16.0 Å². The molecule has 0 radical (unpaired) electrons. The van der Waals surface area contributed by atoms with Crippen LogP contribution in [0, 0.1) is 0 Å². The second-order valence-corrected chi connectivity index (χ2v) is 7.60. The molecule has 0 atom stereocenters. The molecule has 3 amide bonds. The Hall–Kier alpha value is -4.39. The number of carbonyl (C=O) groups is 3. The average molecular weight is 458 g/mol. The van der Waals surface area contributed by atoms with Crippen molar-refractivity contribution in [3.8, 4) is 5.75 Å². The molecule has 0 fully saturated rings. The first kappa shape index (κ1) is 24.3. The van der Waals surface area contributed by atoms with Crippen molar-refractivity contribution in [3.63, 3.8) is 0 Å². The number of anilines is 1. The summed E-state index contributed by atoms with van der Waals surface area (Å²) in [6.07, 6.45) is 1.82. The van der Waals surface area contributed by atoms with E-state index < -0.39 is 5.91 Å². The highest BCUT2D eigenvalue weighted by Gasteiger charge is 2.12. The molecule has 0 aliphatic carbocycles. The van der Waals surface area contributed by atoms with Gasteiger partial charge in [-0.2, -0.15) is 0 Å². The smallest absolute Gasteiger partial charge is 0.272 e. The van der Waals surface area contributed by atoms with Gasteiger partial charge in [0.1, 0.15) is 11.4 Å². The van der Waals surface area contributed by atoms with E-state index >= 15 is 0 Å². The Balaban J connectivity index is 1.60. The Kier molecular flexibility index (Phi) is 8.57. The molecule has 7 nitrogen and oxygen atoms in total. The number of amides is 3. The highest BCUT2D eigenvalue weighted by Crippen LogP contribution is 2.15. The molecule has 0 bridgehead atoms. The molecule has 3 rings (SSSR count). The van der Waals surface area contributed by atoms with Crippen LogP contribution in [0.5, 0.6) is 5.75 Å². The number of hydrogen-bond acceptors (Lipinski definition) is 4. The Labute approximate surface area is 198 Å². The highest BCUT2D eigenvalue weighted by molar-refractivity contribution is 6.08. The van der Waals surface area contributed by atoms with Crippen LogP contribution in [-0.2, 0) is 27.3 Å². The second kappa shape index (κ2) is 12.0. The van der Waals surface area contributed by atoms with Crippen LogP contribution < -0.4 is 20.7 Å². The van der Waals surface area contributed by atoms with Gasteiger partial charge in [0.2, 0.25) is 11.8 Å². The van der Waals surface area contributed by atoms with E-state index in [0.29, 0.717) is 18.0 Å².